The average molecular weight is 302 g/mol. The Balaban J connectivity index is 1.83. The lowest BCUT2D eigenvalue weighted by molar-refractivity contribution is 0.0595. The van der Waals surface area contributed by atoms with Crippen LogP contribution in [0.1, 0.15) is 31.0 Å². The molecule has 1 atom stereocenters. The normalized spacial score (nSPS) is 17.5. The molecular formula is C17H22N2O3. The van der Waals surface area contributed by atoms with Crippen LogP contribution in [0.5, 0.6) is 0 Å². The van der Waals surface area contributed by atoms with E-state index in [4.69, 9.17) is 4.74 Å². The molecule has 118 valence electrons. The van der Waals surface area contributed by atoms with Crippen molar-refractivity contribution in [1.82, 2.24) is 9.88 Å². The zero-order chi connectivity index (χ0) is 15.5. The number of ether oxygens (including phenoxy) is 1. The minimum Gasteiger partial charge on any atom is -0.449 e. The van der Waals surface area contributed by atoms with Gasteiger partial charge in [0.05, 0.1) is 25.8 Å². The summed E-state index contributed by atoms with van der Waals surface area (Å²) in [6, 6.07) is 7.89. The van der Waals surface area contributed by atoms with E-state index in [0.717, 1.165) is 24.1 Å². The number of unbranched alkanes of at least 4 members (excludes halogenated alkanes) is 1. The Morgan fingerprint density at radius 2 is 2.27 bits per heavy atom. The molecule has 0 saturated heterocycles. The highest BCUT2D eigenvalue weighted by molar-refractivity contribution is 5.85. The van der Waals surface area contributed by atoms with Crippen LogP contribution in [-0.4, -0.2) is 40.3 Å². The number of amides is 1. The van der Waals surface area contributed by atoms with Crippen molar-refractivity contribution in [3.63, 3.8) is 0 Å². The molecule has 0 saturated carbocycles. The van der Waals surface area contributed by atoms with Crippen LogP contribution in [0, 0.1) is 0 Å². The van der Waals surface area contributed by atoms with Crippen LogP contribution in [0.2, 0.25) is 0 Å². The van der Waals surface area contributed by atoms with Gasteiger partial charge in [0.25, 0.3) is 0 Å². The van der Waals surface area contributed by atoms with E-state index in [1.54, 1.807) is 4.90 Å². The molecule has 1 aromatic heterocycles. The Bertz CT molecular complexity index is 665. The Morgan fingerprint density at radius 1 is 1.45 bits per heavy atom. The van der Waals surface area contributed by atoms with Crippen molar-refractivity contribution in [2.75, 3.05) is 13.2 Å². The van der Waals surface area contributed by atoms with Gasteiger partial charge in [-0.25, -0.2) is 4.79 Å². The molecule has 3 rings (SSSR count). The molecule has 1 unspecified atom stereocenters. The van der Waals surface area contributed by atoms with Crippen molar-refractivity contribution in [2.24, 2.45) is 0 Å². The van der Waals surface area contributed by atoms with Gasteiger partial charge in [-0.05, 0) is 24.5 Å². The summed E-state index contributed by atoms with van der Waals surface area (Å²) in [5.74, 6) is 0. The molecule has 1 aliphatic rings. The number of aliphatic hydroxyl groups excluding tert-OH is 1. The van der Waals surface area contributed by atoms with Crippen molar-refractivity contribution < 1.29 is 14.6 Å². The maximum Gasteiger partial charge on any atom is 0.410 e. The standard InChI is InChI=1S/C17H22N2O3/c1-2-3-8-22-17(21)19-10-16-14(9-12(19)11-20)13-6-4-5-7-15(13)18-16/h4-7,12,18,20H,2-3,8-11H2,1H3. The number of hydrogen-bond acceptors (Lipinski definition) is 3. The van der Waals surface area contributed by atoms with E-state index in [9.17, 15) is 9.90 Å². The fraction of sp³-hybridized carbons (Fsp3) is 0.471. The molecule has 0 radical (unpaired) electrons. The molecule has 2 N–H and O–H groups in total. The molecule has 2 heterocycles. The lowest BCUT2D eigenvalue weighted by atomic mass is 9.97. The largest absolute Gasteiger partial charge is 0.449 e. The van der Waals surface area contributed by atoms with Crippen LogP contribution in [0.3, 0.4) is 0 Å². The van der Waals surface area contributed by atoms with Crippen LogP contribution in [-0.2, 0) is 17.7 Å². The predicted molar refractivity (Wildman–Crippen MR) is 84.7 cm³/mol. The molecule has 0 aliphatic carbocycles. The molecule has 0 fully saturated rings. The quantitative estimate of drug-likeness (QED) is 0.854. The summed E-state index contributed by atoms with van der Waals surface area (Å²) in [5.41, 5.74) is 3.32. The average Bonchev–Trinajstić information content (AvgIpc) is 2.91. The van der Waals surface area contributed by atoms with Gasteiger partial charge in [-0.1, -0.05) is 31.5 Å². The van der Waals surface area contributed by atoms with E-state index in [-0.39, 0.29) is 18.7 Å². The monoisotopic (exact) mass is 302 g/mol. The van der Waals surface area contributed by atoms with Gasteiger partial charge in [0.2, 0.25) is 0 Å². The second-order valence-corrected chi connectivity index (χ2v) is 5.76. The highest BCUT2D eigenvalue weighted by Crippen LogP contribution is 2.30. The van der Waals surface area contributed by atoms with E-state index < -0.39 is 0 Å². The van der Waals surface area contributed by atoms with E-state index in [1.807, 2.05) is 18.2 Å². The second-order valence-electron chi connectivity index (χ2n) is 5.76. The zero-order valence-electron chi connectivity index (χ0n) is 12.8. The summed E-state index contributed by atoms with van der Waals surface area (Å²) in [6.45, 7) is 2.90. The van der Waals surface area contributed by atoms with Gasteiger partial charge < -0.3 is 14.8 Å². The van der Waals surface area contributed by atoms with Gasteiger partial charge in [-0.3, -0.25) is 4.90 Å². The Kier molecular flexibility index (Phi) is 4.34. The predicted octanol–water partition coefficient (Wildman–Crippen LogP) is 2.82. The SMILES string of the molecule is CCCCOC(=O)N1Cc2[nH]c3ccccc3c2CC1CO. The van der Waals surface area contributed by atoms with Gasteiger partial charge in [-0.15, -0.1) is 0 Å². The first-order valence-electron chi connectivity index (χ1n) is 7.87. The molecule has 1 aliphatic heterocycles. The van der Waals surface area contributed by atoms with Crippen molar-refractivity contribution in [2.45, 2.75) is 38.8 Å². The Morgan fingerprint density at radius 3 is 3.05 bits per heavy atom. The molecule has 2 aromatic rings. The number of nitrogens with one attached hydrogen (secondary N) is 1. The summed E-state index contributed by atoms with van der Waals surface area (Å²) >= 11 is 0. The third-order valence-corrected chi connectivity index (χ3v) is 4.28. The number of benzene rings is 1. The van der Waals surface area contributed by atoms with Gasteiger partial charge in [0.1, 0.15) is 0 Å². The summed E-state index contributed by atoms with van der Waals surface area (Å²) < 4.78 is 5.31. The Labute approximate surface area is 129 Å². The fourth-order valence-electron chi connectivity index (χ4n) is 3.03. The van der Waals surface area contributed by atoms with Gasteiger partial charge in [0, 0.05) is 16.6 Å². The molecule has 1 aromatic carbocycles. The molecule has 5 nitrogen and oxygen atoms in total. The van der Waals surface area contributed by atoms with E-state index in [2.05, 4.69) is 18.0 Å². The summed E-state index contributed by atoms with van der Waals surface area (Å²) in [7, 11) is 0. The molecular weight excluding hydrogens is 280 g/mol. The summed E-state index contributed by atoms with van der Waals surface area (Å²) in [6.07, 6.45) is 2.17. The highest BCUT2D eigenvalue weighted by atomic mass is 16.6. The number of carbonyl (C=O) groups is 1. The molecule has 5 heteroatoms. The number of para-hydroxylation sites is 1. The fourth-order valence-corrected chi connectivity index (χ4v) is 3.03. The minimum absolute atomic E-state index is 0.0537. The topological polar surface area (TPSA) is 65.6 Å². The van der Waals surface area contributed by atoms with Gasteiger partial charge in [-0.2, -0.15) is 0 Å². The minimum atomic E-state index is -0.336. The number of hydrogen-bond donors (Lipinski definition) is 2. The van der Waals surface area contributed by atoms with Crippen molar-refractivity contribution in [3.8, 4) is 0 Å². The van der Waals surface area contributed by atoms with Crippen molar-refractivity contribution >= 4 is 17.0 Å². The lowest BCUT2D eigenvalue weighted by Gasteiger charge is -2.33. The maximum atomic E-state index is 12.2. The number of aromatic nitrogens is 1. The number of nitrogens with zero attached hydrogens (tertiary/aromatic N) is 1. The van der Waals surface area contributed by atoms with Crippen LogP contribution in [0.15, 0.2) is 24.3 Å². The van der Waals surface area contributed by atoms with Crippen LogP contribution in [0.4, 0.5) is 4.79 Å². The van der Waals surface area contributed by atoms with Crippen LogP contribution in [0.25, 0.3) is 10.9 Å². The zero-order valence-corrected chi connectivity index (χ0v) is 12.8. The van der Waals surface area contributed by atoms with Gasteiger partial charge >= 0.3 is 6.09 Å². The van der Waals surface area contributed by atoms with E-state index in [0.29, 0.717) is 19.6 Å². The highest BCUT2D eigenvalue weighted by Gasteiger charge is 2.32. The first-order chi connectivity index (χ1) is 10.7. The molecule has 22 heavy (non-hydrogen) atoms. The van der Waals surface area contributed by atoms with Crippen LogP contribution >= 0.6 is 0 Å². The number of carbonyl (C=O) groups excluding carboxylic acids is 1. The summed E-state index contributed by atoms with van der Waals surface area (Å²) in [5, 5.41) is 10.8. The first-order valence-corrected chi connectivity index (χ1v) is 7.87. The lowest BCUT2D eigenvalue weighted by Crippen LogP contribution is -2.46. The van der Waals surface area contributed by atoms with Crippen LogP contribution < -0.4 is 0 Å². The number of fused-ring (bicyclic) bond motifs is 3. The van der Waals surface area contributed by atoms with Crippen molar-refractivity contribution in [3.05, 3.63) is 35.5 Å². The Hall–Kier alpha value is -2.01. The number of H-pyrrole nitrogens is 1. The van der Waals surface area contributed by atoms with E-state index in [1.165, 1.54) is 10.9 Å². The smallest absolute Gasteiger partial charge is 0.410 e. The van der Waals surface area contributed by atoms with Gasteiger partial charge in [0.15, 0.2) is 0 Å². The third kappa shape index (κ3) is 2.68. The molecule has 0 bridgehead atoms. The first kappa shape index (κ1) is 14.9. The number of aliphatic hydroxyl groups is 1. The number of aromatic amines is 1. The summed E-state index contributed by atoms with van der Waals surface area (Å²) in [4.78, 5) is 17.3. The second kappa shape index (κ2) is 6.40. The molecule has 0 spiro atoms. The maximum absolute atomic E-state index is 12.2. The number of rotatable bonds is 4. The third-order valence-electron chi connectivity index (χ3n) is 4.28. The van der Waals surface area contributed by atoms with Crippen molar-refractivity contribution in [1.29, 1.82) is 0 Å². The molecule has 1 amide bonds. The van der Waals surface area contributed by atoms with E-state index >= 15 is 0 Å².